The normalized spacial score (nSPS) is 19.5. The van der Waals surface area contributed by atoms with Gasteiger partial charge in [0.1, 0.15) is 0 Å². The van der Waals surface area contributed by atoms with Gasteiger partial charge in [-0.2, -0.15) is 0 Å². The zero-order chi connectivity index (χ0) is 21.8. The van der Waals surface area contributed by atoms with Crippen molar-refractivity contribution in [2.75, 3.05) is 24.6 Å². The molecule has 0 spiro atoms. The Morgan fingerprint density at radius 3 is 2.23 bits per heavy atom. The van der Waals surface area contributed by atoms with Crippen LogP contribution in [0, 0.1) is 0 Å². The van der Waals surface area contributed by atoms with Crippen LogP contribution in [0.4, 0.5) is 5.69 Å². The number of imide groups is 1. The van der Waals surface area contributed by atoms with Crippen LogP contribution < -0.4 is 4.90 Å². The van der Waals surface area contributed by atoms with Crippen molar-refractivity contribution in [1.82, 2.24) is 4.90 Å². The molecule has 0 aromatic heterocycles. The van der Waals surface area contributed by atoms with E-state index in [2.05, 4.69) is 4.90 Å². The minimum atomic E-state index is -0.638. The first-order valence-corrected chi connectivity index (χ1v) is 10.5. The molecule has 1 atom stereocenters. The number of piperidine rings is 1. The van der Waals surface area contributed by atoms with Gasteiger partial charge in [-0.05, 0) is 50.2 Å². The Morgan fingerprint density at radius 2 is 1.55 bits per heavy atom. The lowest BCUT2D eigenvalue weighted by atomic mass is 10.1. The number of anilines is 1. The Bertz CT molecular complexity index is 981. The topological polar surface area (TPSA) is 84.0 Å². The van der Waals surface area contributed by atoms with Crippen molar-refractivity contribution < 1.29 is 23.9 Å². The van der Waals surface area contributed by atoms with Crippen molar-refractivity contribution in [1.29, 1.82) is 0 Å². The largest absolute Gasteiger partial charge is 0.454 e. The second-order valence-corrected chi connectivity index (χ2v) is 7.80. The molecule has 7 nitrogen and oxygen atoms in total. The molecule has 2 aromatic carbocycles. The molecule has 2 heterocycles. The molecule has 31 heavy (non-hydrogen) atoms. The molecule has 160 valence electrons. The minimum absolute atomic E-state index is 0.185. The highest BCUT2D eigenvalue weighted by Gasteiger charge is 2.42. The molecular weight excluding hydrogens is 396 g/mol. The van der Waals surface area contributed by atoms with Gasteiger partial charge in [0.15, 0.2) is 12.4 Å². The van der Waals surface area contributed by atoms with E-state index in [1.165, 1.54) is 17.0 Å². The number of Topliss-reactive ketones (excluding diaryl/α,β-unsaturated/α-hetero) is 1. The van der Waals surface area contributed by atoms with Crippen LogP contribution in [-0.2, 0) is 14.3 Å². The number of likely N-dealkylation sites (tertiary alicyclic amines) is 1. The zero-order valence-electron chi connectivity index (χ0n) is 17.2. The maximum atomic E-state index is 12.9. The first kappa shape index (κ1) is 20.9. The van der Waals surface area contributed by atoms with E-state index in [9.17, 15) is 19.2 Å². The molecule has 2 amide bonds. The van der Waals surface area contributed by atoms with Crippen LogP contribution >= 0.6 is 0 Å². The molecule has 0 saturated carbocycles. The first-order valence-electron chi connectivity index (χ1n) is 10.5. The number of esters is 1. The van der Waals surface area contributed by atoms with Gasteiger partial charge in [0.25, 0.3) is 5.91 Å². The van der Waals surface area contributed by atoms with Gasteiger partial charge in [0.2, 0.25) is 5.91 Å². The molecule has 2 aromatic rings. The highest BCUT2D eigenvalue weighted by molar-refractivity contribution is 6.22. The van der Waals surface area contributed by atoms with Crippen molar-refractivity contribution in [2.45, 2.75) is 31.7 Å². The predicted molar refractivity (Wildman–Crippen MR) is 114 cm³/mol. The number of rotatable bonds is 6. The number of ether oxygens (including phenoxy) is 1. The second-order valence-electron chi connectivity index (χ2n) is 7.80. The summed E-state index contributed by atoms with van der Waals surface area (Å²) in [5.41, 5.74) is 1.16. The Labute approximate surface area is 180 Å². The molecule has 4 rings (SSSR count). The van der Waals surface area contributed by atoms with E-state index in [1.807, 2.05) is 0 Å². The van der Waals surface area contributed by atoms with Crippen molar-refractivity contribution >= 4 is 29.3 Å². The van der Waals surface area contributed by atoms with Crippen LogP contribution in [0.3, 0.4) is 0 Å². The third kappa shape index (κ3) is 4.56. The van der Waals surface area contributed by atoms with E-state index < -0.39 is 12.0 Å². The van der Waals surface area contributed by atoms with Gasteiger partial charge in [-0.25, -0.2) is 9.69 Å². The summed E-state index contributed by atoms with van der Waals surface area (Å²) < 4.78 is 5.11. The molecule has 0 bridgehead atoms. The lowest BCUT2D eigenvalue weighted by Crippen LogP contribution is -2.44. The van der Waals surface area contributed by atoms with Crippen molar-refractivity contribution in [2.24, 2.45) is 0 Å². The minimum Gasteiger partial charge on any atom is -0.454 e. The van der Waals surface area contributed by atoms with Crippen LogP contribution in [0.2, 0.25) is 0 Å². The predicted octanol–water partition coefficient (Wildman–Crippen LogP) is 2.84. The lowest BCUT2D eigenvalue weighted by Gasteiger charge is -2.30. The first-order chi connectivity index (χ1) is 15.0. The molecule has 0 N–H and O–H groups in total. The average molecular weight is 420 g/mol. The molecule has 2 aliphatic heterocycles. The van der Waals surface area contributed by atoms with Gasteiger partial charge < -0.3 is 4.74 Å². The Kier molecular flexibility index (Phi) is 6.23. The fraction of sp³-hybridized carbons (Fsp3) is 0.333. The molecular formula is C24H24N2O5. The highest BCUT2D eigenvalue weighted by Crippen LogP contribution is 2.27. The second kappa shape index (κ2) is 9.22. The lowest BCUT2D eigenvalue weighted by molar-refractivity contribution is -0.123. The van der Waals surface area contributed by atoms with Crippen molar-refractivity contribution in [3.8, 4) is 0 Å². The summed E-state index contributed by atoms with van der Waals surface area (Å²) in [5.74, 6) is -1.37. The fourth-order valence-corrected chi connectivity index (χ4v) is 4.07. The Morgan fingerprint density at radius 1 is 0.871 bits per heavy atom. The standard InChI is InChI=1S/C24H24N2O5/c27-21(17-7-3-1-4-8-17)16-31-24(30)18-9-11-19(12-10-18)26-22(28)15-20(23(26)29)25-13-5-2-6-14-25/h1,3-4,7-12,20H,2,5-6,13-16H2. The van der Waals surface area contributed by atoms with E-state index in [0.29, 0.717) is 11.3 Å². The summed E-state index contributed by atoms with van der Waals surface area (Å²) in [5, 5.41) is 0. The number of carbonyl (C=O) groups is 4. The maximum absolute atomic E-state index is 12.9. The number of nitrogens with zero attached hydrogens (tertiary/aromatic N) is 2. The maximum Gasteiger partial charge on any atom is 0.338 e. The van der Waals surface area contributed by atoms with Gasteiger partial charge >= 0.3 is 5.97 Å². The number of hydrogen-bond acceptors (Lipinski definition) is 6. The Hall–Kier alpha value is -3.32. The van der Waals surface area contributed by atoms with Gasteiger partial charge in [-0.15, -0.1) is 0 Å². The van der Waals surface area contributed by atoms with Gasteiger partial charge in [-0.3, -0.25) is 19.3 Å². The summed E-state index contributed by atoms with van der Waals surface area (Å²) >= 11 is 0. The fourth-order valence-electron chi connectivity index (χ4n) is 4.07. The van der Waals surface area contributed by atoms with E-state index in [4.69, 9.17) is 4.74 Å². The molecule has 2 aliphatic rings. The van der Waals surface area contributed by atoms with E-state index in [0.717, 1.165) is 32.4 Å². The van der Waals surface area contributed by atoms with Crippen molar-refractivity contribution in [3.05, 3.63) is 65.7 Å². The zero-order valence-corrected chi connectivity index (χ0v) is 17.2. The van der Waals surface area contributed by atoms with Crippen LogP contribution in [0.5, 0.6) is 0 Å². The summed E-state index contributed by atoms with van der Waals surface area (Å²) in [7, 11) is 0. The van der Waals surface area contributed by atoms with E-state index in [-0.39, 0.29) is 36.2 Å². The third-order valence-corrected chi connectivity index (χ3v) is 5.75. The smallest absolute Gasteiger partial charge is 0.338 e. The average Bonchev–Trinajstić information content (AvgIpc) is 3.12. The van der Waals surface area contributed by atoms with E-state index in [1.54, 1.807) is 42.5 Å². The van der Waals surface area contributed by atoms with E-state index >= 15 is 0 Å². The quantitative estimate of drug-likeness (QED) is 0.406. The van der Waals surface area contributed by atoms with Gasteiger partial charge in [-0.1, -0.05) is 36.8 Å². The molecule has 1 unspecified atom stereocenters. The number of carbonyl (C=O) groups excluding carboxylic acids is 4. The number of benzene rings is 2. The number of amides is 2. The number of hydrogen-bond donors (Lipinski definition) is 0. The Balaban J connectivity index is 1.38. The highest BCUT2D eigenvalue weighted by atomic mass is 16.5. The summed E-state index contributed by atoms with van der Waals surface area (Å²) in [4.78, 5) is 53.0. The molecule has 7 heteroatoms. The molecule has 0 radical (unpaired) electrons. The van der Waals surface area contributed by atoms with Crippen molar-refractivity contribution in [3.63, 3.8) is 0 Å². The van der Waals surface area contributed by atoms with Gasteiger partial charge in [0.05, 0.1) is 23.7 Å². The summed E-state index contributed by atoms with van der Waals surface area (Å²) in [6.07, 6.45) is 3.43. The van der Waals surface area contributed by atoms with Crippen LogP contribution in [0.25, 0.3) is 0 Å². The van der Waals surface area contributed by atoms with Crippen LogP contribution in [0.1, 0.15) is 46.4 Å². The summed E-state index contributed by atoms with van der Waals surface area (Å²) in [6, 6.07) is 14.3. The van der Waals surface area contributed by atoms with Gasteiger partial charge in [0, 0.05) is 5.56 Å². The number of ketones is 1. The molecule has 2 saturated heterocycles. The van der Waals surface area contributed by atoms with Crippen LogP contribution in [-0.4, -0.2) is 54.2 Å². The summed E-state index contributed by atoms with van der Waals surface area (Å²) in [6.45, 7) is 1.32. The SMILES string of the molecule is O=C(COC(=O)c1ccc(N2C(=O)CC(N3CCCCC3)C2=O)cc1)c1ccccc1. The van der Waals surface area contributed by atoms with Crippen LogP contribution in [0.15, 0.2) is 54.6 Å². The third-order valence-electron chi connectivity index (χ3n) is 5.75. The monoisotopic (exact) mass is 420 g/mol. The molecule has 0 aliphatic carbocycles. The molecule has 2 fully saturated rings.